The minimum Gasteiger partial charge on any atom is -0.352 e. The van der Waals surface area contributed by atoms with Gasteiger partial charge in [0, 0.05) is 23.5 Å². The fraction of sp³-hybridized carbons (Fsp3) is 0.100. The summed E-state index contributed by atoms with van der Waals surface area (Å²) in [5.41, 5.74) is 2.30. The van der Waals surface area contributed by atoms with Crippen molar-refractivity contribution in [1.82, 2.24) is 10.3 Å². The molecule has 0 aliphatic heterocycles. The van der Waals surface area contributed by atoms with E-state index in [4.69, 9.17) is 11.6 Å². The number of hydrogen-bond acceptors (Lipinski definition) is 3. The highest BCUT2D eigenvalue weighted by Gasteiger charge is 2.06. The summed E-state index contributed by atoms with van der Waals surface area (Å²) in [4.78, 5) is 16.4. The summed E-state index contributed by atoms with van der Waals surface area (Å²) >= 11 is 5.85. The molecule has 0 fully saturated rings. The molecule has 0 bridgehead atoms. The number of nitrogens with zero attached hydrogens (tertiary/aromatic N) is 1. The Balaban J connectivity index is 1.51. The summed E-state index contributed by atoms with van der Waals surface area (Å²) in [6, 6.07) is 16.9. The second-order valence-electron chi connectivity index (χ2n) is 5.70. The van der Waals surface area contributed by atoms with Crippen molar-refractivity contribution < 1.29 is 9.18 Å². The van der Waals surface area contributed by atoms with Gasteiger partial charge in [0.1, 0.15) is 11.6 Å². The van der Waals surface area contributed by atoms with Crippen LogP contribution in [-0.4, -0.2) is 17.4 Å². The van der Waals surface area contributed by atoms with E-state index in [1.54, 1.807) is 36.4 Å². The van der Waals surface area contributed by atoms with Crippen LogP contribution < -0.4 is 10.6 Å². The summed E-state index contributed by atoms with van der Waals surface area (Å²) in [5, 5.41) is 6.63. The predicted molar refractivity (Wildman–Crippen MR) is 101 cm³/mol. The largest absolute Gasteiger partial charge is 0.352 e. The molecule has 132 valence electrons. The quantitative estimate of drug-likeness (QED) is 0.668. The van der Waals surface area contributed by atoms with E-state index in [0.29, 0.717) is 29.4 Å². The second-order valence-corrected chi connectivity index (χ2v) is 6.13. The number of nitrogens with one attached hydrogen (secondary N) is 2. The number of carbonyl (C=O) groups excluding carboxylic acids is 1. The number of rotatable bonds is 6. The molecular formula is C20H17ClFN3O. The molecule has 3 rings (SSSR count). The molecule has 6 heteroatoms. The summed E-state index contributed by atoms with van der Waals surface area (Å²) in [5.74, 6) is 0.170. The van der Waals surface area contributed by atoms with E-state index >= 15 is 0 Å². The summed E-state index contributed by atoms with van der Waals surface area (Å²) in [6.07, 6.45) is 2.15. The third-order valence-electron chi connectivity index (χ3n) is 3.75. The fourth-order valence-corrected chi connectivity index (χ4v) is 2.48. The highest BCUT2D eigenvalue weighted by atomic mass is 35.5. The Morgan fingerprint density at radius 1 is 1.00 bits per heavy atom. The van der Waals surface area contributed by atoms with Crippen LogP contribution in [0.2, 0.25) is 5.02 Å². The van der Waals surface area contributed by atoms with E-state index in [2.05, 4.69) is 15.6 Å². The number of amides is 1. The topological polar surface area (TPSA) is 54.0 Å². The van der Waals surface area contributed by atoms with Gasteiger partial charge in [-0.05, 0) is 60.5 Å². The molecule has 0 unspecified atom stereocenters. The lowest BCUT2D eigenvalue weighted by Gasteiger charge is -2.08. The van der Waals surface area contributed by atoms with Gasteiger partial charge in [-0.25, -0.2) is 9.37 Å². The Bertz CT molecular complexity index is 865. The van der Waals surface area contributed by atoms with Gasteiger partial charge in [0.05, 0.1) is 5.56 Å². The van der Waals surface area contributed by atoms with Gasteiger partial charge in [-0.1, -0.05) is 23.7 Å². The summed E-state index contributed by atoms with van der Waals surface area (Å²) in [6.45, 7) is 0.468. The van der Waals surface area contributed by atoms with Gasteiger partial charge in [-0.15, -0.1) is 0 Å². The first-order chi connectivity index (χ1) is 12.6. The van der Waals surface area contributed by atoms with Gasteiger partial charge in [0.15, 0.2) is 0 Å². The van der Waals surface area contributed by atoms with Crippen LogP contribution in [0.15, 0.2) is 66.9 Å². The van der Waals surface area contributed by atoms with Gasteiger partial charge in [-0.2, -0.15) is 0 Å². The van der Waals surface area contributed by atoms with Gasteiger partial charge in [0.25, 0.3) is 5.91 Å². The van der Waals surface area contributed by atoms with Crippen molar-refractivity contribution in [1.29, 1.82) is 0 Å². The summed E-state index contributed by atoms with van der Waals surface area (Å²) < 4.78 is 12.9. The van der Waals surface area contributed by atoms with E-state index < -0.39 is 0 Å². The van der Waals surface area contributed by atoms with Crippen LogP contribution in [0.3, 0.4) is 0 Å². The van der Waals surface area contributed by atoms with Crippen molar-refractivity contribution >= 4 is 29.0 Å². The lowest BCUT2D eigenvalue weighted by atomic mass is 10.1. The molecule has 0 spiro atoms. The Morgan fingerprint density at radius 3 is 2.38 bits per heavy atom. The Labute approximate surface area is 156 Å². The standard InChI is InChI=1S/C20H17ClFN3O/c21-16-4-8-18(9-5-16)25-19-10-3-15(13-24-19)20(26)23-12-11-14-1-6-17(22)7-2-14/h1-10,13H,11-12H2,(H,23,26)(H,24,25). The molecule has 1 aromatic heterocycles. The third kappa shape index (κ3) is 5.04. The third-order valence-corrected chi connectivity index (χ3v) is 4.01. The number of halogens is 2. The zero-order valence-corrected chi connectivity index (χ0v) is 14.6. The van der Waals surface area contributed by atoms with Crippen molar-refractivity contribution in [3.8, 4) is 0 Å². The fourth-order valence-electron chi connectivity index (χ4n) is 2.36. The van der Waals surface area contributed by atoms with Gasteiger partial charge in [0.2, 0.25) is 0 Å². The van der Waals surface area contributed by atoms with Crippen LogP contribution in [0, 0.1) is 5.82 Å². The maximum absolute atomic E-state index is 12.9. The molecule has 0 aliphatic carbocycles. The molecule has 0 radical (unpaired) electrons. The van der Waals surface area contributed by atoms with Crippen LogP contribution in [-0.2, 0) is 6.42 Å². The first kappa shape index (κ1) is 17.9. The first-order valence-electron chi connectivity index (χ1n) is 8.11. The van der Waals surface area contributed by atoms with Crippen molar-refractivity contribution in [2.45, 2.75) is 6.42 Å². The molecule has 2 N–H and O–H groups in total. The van der Waals surface area contributed by atoms with Crippen LogP contribution >= 0.6 is 11.6 Å². The minimum absolute atomic E-state index is 0.197. The molecule has 0 aliphatic rings. The van der Waals surface area contributed by atoms with E-state index in [1.165, 1.54) is 18.3 Å². The number of pyridine rings is 1. The Morgan fingerprint density at radius 2 is 1.73 bits per heavy atom. The second kappa shape index (κ2) is 8.45. The van der Waals surface area contributed by atoms with E-state index in [9.17, 15) is 9.18 Å². The number of hydrogen-bond donors (Lipinski definition) is 2. The zero-order chi connectivity index (χ0) is 18.4. The lowest BCUT2D eigenvalue weighted by Crippen LogP contribution is -2.25. The normalized spacial score (nSPS) is 10.4. The number of benzene rings is 2. The number of anilines is 2. The molecule has 2 aromatic carbocycles. The maximum atomic E-state index is 12.9. The lowest BCUT2D eigenvalue weighted by molar-refractivity contribution is 0.0954. The molecule has 0 saturated heterocycles. The van der Waals surface area contributed by atoms with Crippen molar-refractivity contribution in [3.05, 3.63) is 88.8 Å². The summed E-state index contributed by atoms with van der Waals surface area (Å²) in [7, 11) is 0. The highest BCUT2D eigenvalue weighted by molar-refractivity contribution is 6.30. The minimum atomic E-state index is -0.267. The van der Waals surface area contributed by atoms with Gasteiger partial charge in [-0.3, -0.25) is 4.79 Å². The molecule has 26 heavy (non-hydrogen) atoms. The molecule has 0 atom stereocenters. The van der Waals surface area contributed by atoms with E-state index in [1.807, 2.05) is 12.1 Å². The van der Waals surface area contributed by atoms with Crippen LogP contribution in [0.25, 0.3) is 0 Å². The van der Waals surface area contributed by atoms with E-state index in [0.717, 1.165) is 11.3 Å². The SMILES string of the molecule is O=C(NCCc1ccc(F)cc1)c1ccc(Nc2ccc(Cl)cc2)nc1. The van der Waals surface area contributed by atoms with Crippen molar-refractivity contribution in [2.24, 2.45) is 0 Å². The Hall–Kier alpha value is -2.92. The molecule has 0 saturated carbocycles. The first-order valence-corrected chi connectivity index (χ1v) is 8.49. The van der Waals surface area contributed by atoms with Gasteiger partial charge < -0.3 is 10.6 Å². The van der Waals surface area contributed by atoms with Crippen LogP contribution in [0.1, 0.15) is 15.9 Å². The van der Waals surface area contributed by atoms with Crippen molar-refractivity contribution in [3.63, 3.8) is 0 Å². The number of carbonyl (C=O) groups is 1. The van der Waals surface area contributed by atoms with Crippen LogP contribution in [0.5, 0.6) is 0 Å². The highest BCUT2D eigenvalue weighted by Crippen LogP contribution is 2.17. The molecule has 1 heterocycles. The Kier molecular flexibility index (Phi) is 5.81. The zero-order valence-electron chi connectivity index (χ0n) is 13.9. The van der Waals surface area contributed by atoms with Crippen LogP contribution in [0.4, 0.5) is 15.9 Å². The predicted octanol–water partition coefficient (Wildman–Crippen LogP) is 4.59. The molecular weight excluding hydrogens is 353 g/mol. The average Bonchev–Trinajstić information content (AvgIpc) is 2.66. The smallest absolute Gasteiger partial charge is 0.252 e. The molecule has 1 amide bonds. The number of aromatic nitrogens is 1. The van der Waals surface area contributed by atoms with Gasteiger partial charge >= 0.3 is 0 Å². The van der Waals surface area contributed by atoms with Crippen molar-refractivity contribution in [2.75, 3.05) is 11.9 Å². The average molecular weight is 370 g/mol. The monoisotopic (exact) mass is 369 g/mol. The molecule has 3 aromatic rings. The van der Waals surface area contributed by atoms with E-state index in [-0.39, 0.29) is 11.7 Å². The molecule has 4 nitrogen and oxygen atoms in total. The maximum Gasteiger partial charge on any atom is 0.252 e.